The van der Waals surface area contributed by atoms with E-state index in [0.717, 1.165) is 22.7 Å². The summed E-state index contributed by atoms with van der Waals surface area (Å²) in [5.74, 6) is 0. The summed E-state index contributed by atoms with van der Waals surface area (Å²) in [6, 6.07) is 92.0. The Hall–Kier alpha value is -8.20. The van der Waals surface area contributed by atoms with Gasteiger partial charge in [-0.1, -0.05) is 200 Å². The van der Waals surface area contributed by atoms with Crippen LogP contribution in [-0.2, 0) is 0 Å². The number of hydrogen-bond donors (Lipinski definition) is 0. The minimum absolute atomic E-state index is 1.10. The molecule has 0 saturated carbocycles. The first-order valence-electron chi connectivity index (χ1n) is 21.3. The summed E-state index contributed by atoms with van der Waals surface area (Å²) in [7, 11) is 0. The monoisotopic (exact) mass is 790 g/mol. The molecule has 0 saturated heterocycles. The molecule has 1 heterocycles. The molecule has 0 spiro atoms. The van der Waals surface area contributed by atoms with Crippen molar-refractivity contribution >= 4 is 38.9 Å². The second kappa shape index (κ2) is 16.1. The highest BCUT2D eigenvalue weighted by molar-refractivity contribution is 6.10. The highest BCUT2D eigenvalue weighted by Crippen LogP contribution is 2.40. The summed E-state index contributed by atoms with van der Waals surface area (Å²) >= 11 is 0. The second-order valence-corrected chi connectivity index (χ2v) is 15.8. The lowest BCUT2D eigenvalue weighted by molar-refractivity contribution is 1.18. The number of anilines is 3. The lowest BCUT2D eigenvalue weighted by Gasteiger charge is -2.26. The third-order valence-electron chi connectivity index (χ3n) is 12.0. The van der Waals surface area contributed by atoms with Crippen molar-refractivity contribution in [3.8, 4) is 61.3 Å². The lowest BCUT2D eigenvalue weighted by atomic mass is 9.96. The zero-order chi connectivity index (χ0) is 41.2. The summed E-state index contributed by atoms with van der Waals surface area (Å²) < 4.78 is 2.44. The number of rotatable bonds is 9. The Kier molecular flexibility index (Phi) is 9.57. The van der Waals surface area contributed by atoms with Crippen LogP contribution in [0.25, 0.3) is 83.1 Å². The average Bonchev–Trinajstić information content (AvgIpc) is 3.70. The molecule has 11 rings (SSSR count). The largest absolute Gasteiger partial charge is 0.311 e. The fourth-order valence-corrected chi connectivity index (χ4v) is 8.91. The van der Waals surface area contributed by atoms with Crippen LogP contribution in [0.2, 0.25) is 0 Å². The summed E-state index contributed by atoms with van der Waals surface area (Å²) in [5, 5.41) is 2.51. The van der Waals surface area contributed by atoms with E-state index in [1.54, 1.807) is 0 Å². The zero-order valence-corrected chi connectivity index (χ0v) is 34.1. The van der Waals surface area contributed by atoms with Gasteiger partial charge in [0.2, 0.25) is 0 Å². The van der Waals surface area contributed by atoms with Crippen molar-refractivity contribution in [3.63, 3.8) is 0 Å². The van der Waals surface area contributed by atoms with Gasteiger partial charge in [-0.15, -0.1) is 0 Å². The first-order valence-corrected chi connectivity index (χ1v) is 21.3. The highest BCUT2D eigenvalue weighted by Gasteiger charge is 2.18. The molecular formula is C60H42N2. The van der Waals surface area contributed by atoms with E-state index in [-0.39, 0.29) is 0 Å². The van der Waals surface area contributed by atoms with Crippen molar-refractivity contribution in [2.45, 2.75) is 0 Å². The van der Waals surface area contributed by atoms with Crippen molar-refractivity contribution in [3.05, 3.63) is 255 Å². The first kappa shape index (κ1) is 36.8. The molecule has 0 radical (unpaired) electrons. The van der Waals surface area contributed by atoms with Crippen LogP contribution < -0.4 is 4.90 Å². The van der Waals surface area contributed by atoms with Gasteiger partial charge in [0, 0.05) is 33.4 Å². The van der Waals surface area contributed by atoms with Crippen molar-refractivity contribution in [2.75, 3.05) is 4.90 Å². The van der Waals surface area contributed by atoms with Crippen molar-refractivity contribution in [1.82, 2.24) is 4.57 Å². The van der Waals surface area contributed by atoms with E-state index >= 15 is 0 Å². The van der Waals surface area contributed by atoms with Gasteiger partial charge in [-0.05, 0) is 105 Å². The van der Waals surface area contributed by atoms with Crippen molar-refractivity contribution in [1.29, 1.82) is 0 Å². The molecule has 2 nitrogen and oxygen atoms in total. The molecule has 11 aromatic rings. The first-order chi connectivity index (χ1) is 30.7. The van der Waals surface area contributed by atoms with E-state index in [4.69, 9.17) is 0 Å². The summed E-state index contributed by atoms with van der Waals surface area (Å²) in [4.78, 5) is 2.34. The molecule has 0 fully saturated rings. The third kappa shape index (κ3) is 6.94. The van der Waals surface area contributed by atoms with Gasteiger partial charge in [-0.2, -0.15) is 0 Å². The average molecular weight is 791 g/mol. The molecule has 0 N–H and O–H groups in total. The predicted molar refractivity (Wildman–Crippen MR) is 263 cm³/mol. The standard InChI is InChI=1S/C60H42N2/c1-4-14-43(15-5-1)47-28-35-52(36-29-47)61(53-37-30-48(31-38-53)44-16-6-2-7-17-44)54-39-32-49(33-40-54)46-24-26-50(27-25-46)55-41-34-51(45-18-8-3-9-19-45)42-60(55)62-58-22-12-10-20-56(58)57-21-11-13-23-59(57)62/h1-42H. The molecule has 62 heavy (non-hydrogen) atoms. The van der Waals surface area contributed by atoms with E-state index in [2.05, 4.69) is 264 Å². The molecule has 0 unspecified atom stereocenters. The van der Waals surface area contributed by atoms with Crippen LogP contribution >= 0.6 is 0 Å². The van der Waals surface area contributed by atoms with Gasteiger partial charge >= 0.3 is 0 Å². The van der Waals surface area contributed by atoms with Crippen LogP contribution in [0.4, 0.5) is 17.1 Å². The Morgan fingerprint density at radius 1 is 0.242 bits per heavy atom. The Bertz CT molecular complexity index is 3140. The van der Waals surface area contributed by atoms with Crippen molar-refractivity contribution in [2.24, 2.45) is 0 Å². The lowest BCUT2D eigenvalue weighted by Crippen LogP contribution is -2.09. The Labute approximate surface area is 362 Å². The maximum Gasteiger partial charge on any atom is 0.0546 e. The van der Waals surface area contributed by atoms with E-state index in [9.17, 15) is 0 Å². The Balaban J connectivity index is 0.950. The third-order valence-corrected chi connectivity index (χ3v) is 12.0. The number of aromatic nitrogens is 1. The van der Waals surface area contributed by atoms with Gasteiger partial charge < -0.3 is 9.47 Å². The number of fused-ring (bicyclic) bond motifs is 3. The topological polar surface area (TPSA) is 8.17 Å². The van der Waals surface area contributed by atoms with Crippen LogP contribution in [0.15, 0.2) is 255 Å². The SMILES string of the molecule is c1ccc(-c2ccc(N(c3ccc(-c4ccccc4)cc3)c3ccc(-c4ccc(-c5ccc(-c6ccccc6)cc5-n5c6ccccc6c6ccccc65)cc4)cc3)cc2)cc1. The number of benzene rings is 10. The van der Waals surface area contributed by atoms with Crippen LogP contribution in [0, 0.1) is 0 Å². The van der Waals surface area contributed by atoms with Gasteiger partial charge in [0.1, 0.15) is 0 Å². The molecule has 0 bridgehead atoms. The minimum atomic E-state index is 1.10. The number of para-hydroxylation sites is 2. The molecular weight excluding hydrogens is 749 g/mol. The molecule has 10 aromatic carbocycles. The molecule has 0 aliphatic rings. The van der Waals surface area contributed by atoms with E-state index in [0.29, 0.717) is 0 Å². The van der Waals surface area contributed by atoms with Gasteiger partial charge in [0.05, 0.1) is 16.7 Å². The fraction of sp³-hybridized carbons (Fsp3) is 0. The number of nitrogens with zero attached hydrogens (tertiary/aromatic N) is 2. The Morgan fingerprint density at radius 3 is 0.968 bits per heavy atom. The van der Waals surface area contributed by atoms with Crippen LogP contribution in [0.5, 0.6) is 0 Å². The Morgan fingerprint density at radius 2 is 0.548 bits per heavy atom. The molecule has 2 heteroatoms. The predicted octanol–water partition coefficient (Wildman–Crippen LogP) is 16.6. The van der Waals surface area contributed by atoms with E-state index < -0.39 is 0 Å². The highest BCUT2D eigenvalue weighted by atomic mass is 15.1. The smallest absolute Gasteiger partial charge is 0.0546 e. The maximum atomic E-state index is 2.44. The summed E-state index contributed by atoms with van der Waals surface area (Å²) in [6.45, 7) is 0. The molecule has 0 amide bonds. The zero-order valence-electron chi connectivity index (χ0n) is 34.1. The van der Waals surface area contributed by atoms with E-state index in [1.807, 2.05) is 0 Å². The van der Waals surface area contributed by atoms with E-state index in [1.165, 1.54) is 77.4 Å². The normalized spacial score (nSPS) is 11.2. The molecule has 292 valence electrons. The molecule has 0 aliphatic carbocycles. The van der Waals surface area contributed by atoms with Gasteiger partial charge in [0.25, 0.3) is 0 Å². The van der Waals surface area contributed by atoms with Crippen LogP contribution in [-0.4, -0.2) is 4.57 Å². The molecule has 0 atom stereocenters. The maximum absolute atomic E-state index is 2.44. The quantitative estimate of drug-likeness (QED) is 0.141. The fourth-order valence-electron chi connectivity index (χ4n) is 8.91. The van der Waals surface area contributed by atoms with Crippen LogP contribution in [0.3, 0.4) is 0 Å². The summed E-state index contributed by atoms with van der Waals surface area (Å²) in [6.07, 6.45) is 0. The van der Waals surface area contributed by atoms with Gasteiger partial charge in [-0.25, -0.2) is 0 Å². The number of hydrogen-bond acceptors (Lipinski definition) is 1. The second-order valence-electron chi connectivity index (χ2n) is 15.8. The summed E-state index contributed by atoms with van der Waals surface area (Å²) in [5.41, 5.74) is 18.8. The van der Waals surface area contributed by atoms with Crippen LogP contribution in [0.1, 0.15) is 0 Å². The van der Waals surface area contributed by atoms with Gasteiger partial charge in [-0.3, -0.25) is 0 Å². The van der Waals surface area contributed by atoms with Crippen molar-refractivity contribution < 1.29 is 0 Å². The minimum Gasteiger partial charge on any atom is -0.311 e. The molecule has 1 aromatic heterocycles. The molecule has 0 aliphatic heterocycles. The van der Waals surface area contributed by atoms with Gasteiger partial charge in [0.15, 0.2) is 0 Å².